The van der Waals surface area contributed by atoms with Crippen molar-refractivity contribution >= 4 is 0 Å². The van der Waals surface area contributed by atoms with E-state index in [1.54, 1.807) is 12.5 Å². The van der Waals surface area contributed by atoms with Crippen LogP contribution in [0.5, 0.6) is 11.5 Å². The van der Waals surface area contributed by atoms with Crippen molar-refractivity contribution in [1.29, 1.82) is 0 Å². The van der Waals surface area contributed by atoms with Gasteiger partial charge in [-0.05, 0) is 94.2 Å². The van der Waals surface area contributed by atoms with Crippen LogP contribution in [0.15, 0.2) is 111 Å². The molecule has 0 amide bonds. The van der Waals surface area contributed by atoms with E-state index in [1.807, 2.05) is 0 Å². The van der Waals surface area contributed by atoms with Gasteiger partial charge in [-0.25, -0.2) is 0 Å². The van der Waals surface area contributed by atoms with Gasteiger partial charge in [-0.2, -0.15) is 0 Å². The summed E-state index contributed by atoms with van der Waals surface area (Å²) in [4.78, 5) is 0. The molecule has 0 aromatic heterocycles. The summed E-state index contributed by atoms with van der Waals surface area (Å²) in [7, 11) is 0. The zero-order valence-corrected chi connectivity index (χ0v) is 25.2. The minimum atomic E-state index is -0.459. The number of rotatable bonds is 8. The Labute approximate surface area is 257 Å². The van der Waals surface area contributed by atoms with Crippen LogP contribution < -0.4 is 9.47 Å². The van der Waals surface area contributed by atoms with E-state index in [1.165, 1.54) is 109 Å². The number of fused-ring (bicyclic) bond motifs is 3. The second-order valence-electron chi connectivity index (χ2n) is 12.6. The average molecular weight is 567 g/mol. The van der Waals surface area contributed by atoms with Crippen LogP contribution in [0.1, 0.15) is 109 Å². The molecule has 0 radical (unpaired) electrons. The first-order chi connectivity index (χ1) is 21.3. The van der Waals surface area contributed by atoms with Gasteiger partial charge in [0.2, 0.25) is 0 Å². The van der Waals surface area contributed by atoms with Crippen LogP contribution in [-0.2, 0) is 5.41 Å². The number of ether oxygens (including phenoxy) is 2. The zero-order valence-electron chi connectivity index (χ0n) is 25.2. The number of hydrogen-bond acceptors (Lipinski definition) is 2. The Kier molecular flexibility index (Phi) is 7.70. The lowest BCUT2D eigenvalue weighted by molar-refractivity contribution is 0.417. The molecule has 2 saturated carbocycles. The highest BCUT2D eigenvalue weighted by Gasteiger charge is 2.46. The van der Waals surface area contributed by atoms with Gasteiger partial charge in [0.15, 0.2) is 0 Å². The normalized spacial score (nSPS) is 18.0. The van der Waals surface area contributed by atoms with E-state index < -0.39 is 5.41 Å². The van der Waals surface area contributed by atoms with Crippen LogP contribution in [0.4, 0.5) is 0 Å². The second kappa shape index (κ2) is 11.9. The molecule has 0 N–H and O–H groups in total. The molecule has 0 saturated heterocycles. The van der Waals surface area contributed by atoms with Crippen molar-refractivity contribution in [3.05, 3.63) is 144 Å². The van der Waals surface area contributed by atoms with Crippen molar-refractivity contribution in [2.45, 2.75) is 81.5 Å². The van der Waals surface area contributed by atoms with Gasteiger partial charge in [-0.15, -0.1) is 0 Å². The molecule has 4 aromatic rings. The van der Waals surface area contributed by atoms with Gasteiger partial charge in [0, 0.05) is 0 Å². The number of hydrogen-bond donors (Lipinski definition) is 0. The summed E-state index contributed by atoms with van der Waals surface area (Å²) in [5, 5.41) is 0. The Morgan fingerprint density at radius 2 is 0.953 bits per heavy atom. The third-order valence-corrected chi connectivity index (χ3v) is 10.3. The molecule has 7 rings (SSSR count). The Morgan fingerprint density at radius 3 is 1.37 bits per heavy atom. The van der Waals surface area contributed by atoms with Crippen LogP contribution in [-0.4, -0.2) is 0 Å². The maximum absolute atomic E-state index is 6.06. The first-order valence-corrected chi connectivity index (χ1v) is 16.3. The first-order valence-electron chi connectivity index (χ1n) is 16.3. The van der Waals surface area contributed by atoms with Crippen LogP contribution >= 0.6 is 0 Å². The maximum atomic E-state index is 6.06. The predicted octanol–water partition coefficient (Wildman–Crippen LogP) is 11.2. The molecule has 3 aliphatic rings. The minimum Gasteiger partial charge on any atom is -0.465 e. The molecule has 0 spiro atoms. The van der Waals surface area contributed by atoms with Crippen molar-refractivity contribution < 1.29 is 9.47 Å². The lowest BCUT2D eigenvalue weighted by Crippen LogP contribution is -2.29. The smallest absolute Gasteiger partial charge is 0.129 e. The fourth-order valence-corrected chi connectivity index (χ4v) is 8.45. The molecule has 218 valence electrons. The van der Waals surface area contributed by atoms with E-state index in [0.717, 1.165) is 11.5 Å². The fourth-order valence-electron chi connectivity index (χ4n) is 8.45. The monoisotopic (exact) mass is 566 g/mol. The Balaban J connectivity index is 1.52. The third kappa shape index (κ3) is 4.72. The second-order valence-corrected chi connectivity index (χ2v) is 12.6. The lowest BCUT2D eigenvalue weighted by atomic mass is 9.66. The zero-order chi connectivity index (χ0) is 29.2. The molecule has 0 unspecified atom stereocenters. The summed E-state index contributed by atoms with van der Waals surface area (Å²) in [6, 6.07) is 32.0. The Bertz CT molecular complexity index is 1510. The minimum absolute atomic E-state index is 0.459. The van der Waals surface area contributed by atoms with E-state index in [9.17, 15) is 0 Å². The molecular formula is C41H42O2. The molecule has 0 bridgehead atoms. The number of benzene rings is 4. The molecule has 2 nitrogen and oxygen atoms in total. The lowest BCUT2D eigenvalue weighted by Gasteiger charge is -2.36. The van der Waals surface area contributed by atoms with E-state index in [0.29, 0.717) is 11.8 Å². The van der Waals surface area contributed by atoms with Crippen molar-refractivity contribution in [3.8, 4) is 22.6 Å². The van der Waals surface area contributed by atoms with E-state index in [4.69, 9.17) is 9.47 Å². The molecule has 0 atom stereocenters. The third-order valence-electron chi connectivity index (χ3n) is 10.3. The summed E-state index contributed by atoms with van der Waals surface area (Å²) in [6.45, 7) is 7.80. The van der Waals surface area contributed by atoms with E-state index in [2.05, 4.69) is 98.1 Å². The van der Waals surface area contributed by atoms with Crippen molar-refractivity contribution in [2.75, 3.05) is 0 Å². The highest BCUT2D eigenvalue weighted by molar-refractivity contribution is 5.86. The van der Waals surface area contributed by atoms with Crippen molar-refractivity contribution in [3.63, 3.8) is 0 Å². The SMILES string of the molecule is C=COc1ccc(C2(c3ccc(OC=C)c(C4CCCCC4)c3)c3ccccc3-c3ccccc32)cc1C1CCCCC1. The molecule has 4 aromatic carbocycles. The van der Waals surface area contributed by atoms with Crippen molar-refractivity contribution in [1.82, 2.24) is 0 Å². The maximum Gasteiger partial charge on any atom is 0.129 e. The largest absolute Gasteiger partial charge is 0.465 e. The molecule has 3 aliphatic carbocycles. The van der Waals surface area contributed by atoms with Gasteiger partial charge in [-0.3, -0.25) is 0 Å². The van der Waals surface area contributed by atoms with Crippen LogP contribution in [0.3, 0.4) is 0 Å². The first kappa shape index (κ1) is 27.8. The molecule has 0 aliphatic heterocycles. The standard InChI is InChI=1S/C41H42O2/c1-3-42-39-25-23-31(27-35(39)29-15-7-5-8-16-29)41(37-21-13-11-19-33(37)34-20-12-14-22-38(34)41)32-24-26-40(43-4-2)36(28-32)30-17-9-6-10-18-30/h3-4,11-14,19-30H,1-2,5-10,15-18H2. The van der Waals surface area contributed by atoms with Gasteiger partial charge in [-0.1, -0.05) is 124 Å². The van der Waals surface area contributed by atoms with Gasteiger partial charge in [0.25, 0.3) is 0 Å². The Morgan fingerprint density at radius 1 is 0.535 bits per heavy atom. The van der Waals surface area contributed by atoms with Gasteiger partial charge >= 0.3 is 0 Å². The molecule has 43 heavy (non-hydrogen) atoms. The predicted molar refractivity (Wildman–Crippen MR) is 177 cm³/mol. The molecule has 2 heteroatoms. The average Bonchev–Trinajstić information content (AvgIpc) is 3.37. The van der Waals surface area contributed by atoms with Crippen LogP contribution in [0.2, 0.25) is 0 Å². The summed E-state index contributed by atoms with van der Waals surface area (Å²) in [5.74, 6) is 2.87. The van der Waals surface area contributed by atoms with Gasteiger partial charge < -0.3 is 9.47 Å². The van der Waals surface area contributed by atoms with Gasteiger partial charge in [0.1, 0.15) is 11.5 Å². The molecule has 0 heterocycles. The highest BCUT2D eigenvalue weighted by Crippen LogP contribution is 2.57. The fraction of sp³-hybridized carbons (Fsp3) is 0.317. The quantitative estimate of drug-likeness (QED) is 0.174. The summed E-state index contributed by atoms with van der Waals surface area (Å²) in [5.41, 5.74) is 10.1. The van der Waals surface area contributed by atoms with E-state index >= 15 is 0 Å². The van der Waals surface area contributed by atoms with Crippen LogP contribution in [0, 0.1) is 0 Å². The van der Waals surface area contributed by atoms with Crippen LogP contribution in [0.25, 0.3) is 11.1 Å². The molecule has 2 fully saturated rings. The molecular weight excluding hydrogens is 524 g/mol. The van der Waals surface area contributed by atoms with Crippen molar-refractivity contribution in [2.24, 2.45) is 0 Å². The highest BCUT2D eigenvalue weighted by atomic mass is 16.5. The topological polar surface area (TPSA) is 18.5 Å². The Hall–Kier alpha value is -4.04. The van der Waals surface area contributed by atoms with E-state index in [-0.39, 0.29) is 0 Å². The summed E-state index contributed by atoms with van der Waals surface area (Å²) < 4.78 is 12.1. The summed E-state index contributed by atoms with van der Waals surface area (Å²) >= 11 is 0. The summed E-state index contributed by atoms with van der Waals surface area (Å²) in [6.07, 6.45) is 15.7. The van der Waals surface area contributed by atoms with Gasteiger partial charge in [0.05, 0.1) is 17.9 Å².